The van der Waals surface area contributed by atoms with Crippen LogP contribution in [0, 0.1) is 5.82 Å². The first-order chi connectivity index (χ1) is 8.54. The van der Waals surface area contributed by atoms with Crippen LogP contribution in [0.5, 0.6) is 0 Å². The minimum absolute atomic E-state index is 0.204. The fourth-order valence-electron chi connectivity index (χ4n) is 1.71. The van der Waals surface area contributed by atoms with E-state index in [0.717, 1.165) is 0 Å². The summed E-state index contributed by atoms with van der Waals surface area (Å²) in [5.74, 6) is -1.66. The number of aromatic amines is 1. The van der Waals surface area contributed by atoms with E-state index >= 15 is 0 Å². The monoisotopic (exact) mass is 248 g/mol. The number of nitrogens with one attached hydrogen (secondary N) is 1. The number of fused-ring (bicyclic) bond motifs is 1. The molecule has 0 bridgehead atoms. The predicted molar refractivity (Wildman–Crippen MR) is 65.9 cm³/mol. The summed E-state index contributed by atoms with van der Waals surface area (Å²) in [6.45, 7) is 2.22. The van der Waals surface area contributed by atoms with Gasteiger partial charge < -0.3 is 9.88 Å². The van der Waals surface area contributed by atoms with Gasteiger partial charge in [0.15, 0.2) is 0 Å². The summed E-state index contributed by atoms with van der Waals surface area (Å²) in [6, 6.07) is 4.08. The van der Waals surface area contributed by atoms with Crippen molar-refractivity contribution in [3.63, 3.8) is 0 Å². The van der Waals surface area contributed by atoms with Gasteiger partial charge in [-0.15, -0.1) is 0 Å². The van der Waals surface area contributed by atoms with Crippen molar-refractivity contribution >= 4 is 22.6 Å². The fraction of sp³-hybridized carbons (Fsp3) is 0.231. The normalized spacial score (nSPS) is 10.6. The number of Topliss-reactive ketones (excluding diaryl/α,β-unsaturated/α-hetero) is 1. The number of hydrogen-bond donors (Lipinski definition) is 1. The lowest BCUT2D eigenvalue weighted by molar-refractivity contribution is -0.125. The number of halogens is 1. The average Bonchev–Trinajstić information content (AvgIpc) is 2.78. The van der Waals surface area contributed by atoms with Crippen LogP contribution in [-0.4, -0.2) is 35.2 Å². The Morgan fingerprint density at radius 1 is 1.39 bits per heavy atom. The van der Waals surface area contributed by atoms with E-state index in [4.69, 9.17) is 0 Å². The Bertz CT molecular complexity index is 618. The molecule has 0 atom stereocenters. The van der Waals surface area contributed by atoms with Gasteiger partial charge in [0.05, 0.1) is 5.56 Å². The van der Waals surface area contributed by atoms with Crippen LogP contribution in [-0.2, 0) is 4.79 Å². The minimum Gasteiger partial charge on any atom is -0.360 e. The Morgan fingerprint density at radius 2 is 2.11 bits per heavy atom. The van der Waals surface area contributed by atoms with Crippen LogP contribution in [0.4, 0.5) is 4.39 Å². The summed E-state index contributed by atoms with van der Waals surface area (Å²) in [4.78, 5) is 27.9. The quantitative estimate of drug-likeness (QED) is 0.667. The number of rotatable bonds is 3. The molecule has 0 fully saturated rings. The Hall–Kier alpha value is -2.17. The highest BCUT2D eigenvalue weighted by molar-refractivity contribution is 6.44. The third kappa shape index (κ3) is 1.99. The van der Waals surface area contributed by atoms with Crippen molar-refractivity contribution in [3.8, 4) is 0 Å². The van der Waals surface area contributed by atoms with E-state index in [1.54, 1.807) is 14.0 Å². The highest BCUT2D eigenvalue weighted by Gasteiger charge is 2.22. The van der Waals surface area contributed by atoms with Gasteiger partial charge >= 0.3 is 0 Å². The number of nitrogens with zero attached hydrogens (tertiary/aromatic N) is 1. The molecule has 1 heterocycles. The maximum atomic E-state index is 13.2. The zero-order chi connectivity index (χ0) is 13.3. The van der Waals surface area contributed by atoms with Crippen molar-refractivity contribution in [2.24, 2.45) is 0 Å². The average molecular weight is 248 g/mol. The SMILES string of the molecule is CCN(C)C(=O)C(=O)c1c[nH]c2ccc(F)cc12. The number of H-pyrrole nitrogens is 1. The van der Waals surface area contributed by atoms with Crippen LogP contribution in [0.3, 0.4) is 0 Å². The first-order valence-electron chi connectivity index (χ1n) is 5.61. The number of likely N-dealkylation sites (N-methyl/N-ethyl adjacent to an activating group) is 1. The molecule has 0 aliphatic rings. The molecule has 5 heteroatoms. The molecule has 94 valence electrons. The fourth-order valence-corrected chi connectivity index (χ4v) is 1.71. The first kappa shape index (κ1) is 12.3. The summed E-state index contributed by atoms with van der Waals surface area (Å²) in [7, 11) is 1.55. The van der Waals surface area contributed by atoms with Crippen LogP contribution in [0.15, 0.2) is 24.4 Å². The molecule has 0 radical (unpaired) electrons. The summed E-state index contributed by atoms with van der Waals surface area (Å²) in [6.07, 6.45) is 1.44. The van der Waals surface area contributed by atoms with Gasteiger partial charge in [0.1, 0.15) is 5.82 Å². The molecule has 18 heavy (non-hydrogen) atoms. The summed E-state index contributed by atoms with van der Waals surface area (Å²) >= 11 is 0. The van der Waals surface area contributed by atoms with Gasteiger partial charge in [0.2, 0.25) is 0 Å². The number of amides is 1. The van der Waals surface area contributed by atoms with Gasteiger partial charge in [-0.2, -0.15) is 0 Å². The molecule has 1 N–H and O–H groups in total. The minimum atomic E-state index is -0.629. The van der Waals surface area contributed by atoms with E-state index in [0.29, 0.717) is 17.4 Å². The van der Waals surface area contributed by atoms with Crippen molar-refractivity contribution in [1.29, 1.82) is 0 Å². The highest BCUT2D eigenvalue weighted by atomic mass is 19.1. The third-order valence-corrected chi connectivity index (χ3v) is 2.90. The number of benzene rings is 1. The van der Waals surface area contributed by atoms with Crippen molar-refractivity contribution in [2.45, 2.75) is 6.92 Å². The molecule has 0 unspecified atom stereocenters. The van der Waals surface area contributed by atoms with Gasteiger partial charge in [-0.25, -0.2) is 4.39 Å². The summed E-state index contributed by atoms with van der Waals surface area (Å²) in [5, 5.41) is 0.429. The first-order valence-corrected chi connectivity index (χ1v) is 5.61. The van der Waals surface area contributed by atoms with Crippen LogP contribution in [0.1, 0.15) is 17.3 Å². The molecule has 0 aliphatic heterocycles. The molecule has 0 aliphatic carbocycles. The lowest BCUT2D eigenvalue weighted by Gasteiger charge is -2.12. The van der Waals surface area contributed by atoms with Crippen LogP contribution in [0.25, 0.3) is 10.9 Å². The number of carbonyl (C=O) groups is 2. The molecule has 2 rings (SSSR count). The zero-order valence-electron chi connectivity index (χ0n) is 10.2. The molecular formula is C13H13FN2O2. The third-order valence-electron chi connectivity index (χ3n) is 2.90. The molecule has 2 aromatic rings. The van der Waals surface area contributed by atoms with Crippen molar-refractivity contribution in [2.75, 3.05) is 13.6 Å². The van der Waals surface area contributed by atoms with E-state index in [1.807, 2.05) is 0 Å². The second-order valence-electron chi connectivity index (χ2n) is 4.04. The Morgan fingerprint density at radius 3 is 2.78 bits per heavy atom. The van der Waals surface area contributed by atoms with Gasteiger partial charge in [0, 0.05) is 30.7 Å². The Balaban J connectivity index is 2.45. The Kier molecular flexibility index (Phi) is 3.14. The van der Waals surface area contributed by atoms with Crippen molar-refractivity contribution in [3.05, 3.63) is 35.8 Å². The van der Waals surface area contributed by atoms with Crippen molar-refractivity contribution < 1.29 is 14.0 Å². The zero-order valence-corrected chi connectivity index (χ0v) is 10.2. The predicted octanol–water partition coefficient (Wildman–Crippen LogP) is 1.97. The number of carbonyl (C=O) groups excluding carboxylic acids is 2. The van der Waals surface area contributed by atoms with E-state index < -0.39 is 17.5 Å². The van der Waals surface area contributed by atoms with Gasteiger partial charge in [0.25, 0.3) is 11.7 Å². The van der Waals surface area contributed by atoms with Gasteiger partial charge in [-0.05, 0) is 25.1 Å². The lowest BCUT2D eigenvalue weighted by atomic mass is 10.1. The van der Waals surface area contributed by atoms with Gasteiger partial charge in [-0.1, -0.05) is 0 Å². The van der Waals surface area contributed by atoms with E-state index in [2.05, 4.69) is 4.98 Å². The van der Waals surface area contributed by atoms with E-state index in [1.165, 1.54) is 29.3 Å². The molecule has 1 aromatic carbocycles. The van der Waals surface area contributed by atoms with Crippen LogP contribution in [0.2, 0.25) is 0 Å². The number of ketones is 1. The largest absolute Gasteiger partial charge is 0.360 e. The maximum Gasteiger partial charge on any atom is 0.294 e. The standard InChI is InChI=1S/C13H13FN2O2/c1-3-16(2)13(18)12(17)10-7-15-11-5-4-8(14)6-9(10)11/h4-7,15H,3H2,1-2H3. The molecule has 0 saturated heterocycles. The second-order valence-corrected chi connectivity index (χ2v) is 4.04. The number of aromatic nitrogens is 1. The number of hydrogen-bond acceptors (Lipinski definition) is 2. The smallest absolute Gasteiger partial charge is 0.294 e. The highest BCUT2D eigenvalue weighted by Crippen LogP contribution is 2.20. The van der Waals surface area contributed by atoms with E-state index in [-0.39, 0.29) is 5.56 Å². The maximum absolute atomic E-state index is 13.2. The van der Waals surface area contributed by atoms with Crippen LogP contribution < -0.4 is 0 Å². The molecular weight excluding hydrogens is 235 g/mol. The van der Waals surface area contributed by atoms with Crippen LogP contribution >= 0.6 is 0 Å². The molecule has 0 saturated carbocycles. The van der Waals surface area contributed by atoms with Crippen molar-refractivity contribution in [1.82, 2.24) is 9.88 Å². The van der Waals surface area contributed by atoms with E-state index in [9.17, 15) is 14.0 Å². The second kappa shape index (κ2) is 4.60. The Labute approximate surface area is 103 Å². The molecule has 1 aromatic heterocycles. The van der Waals surface area contributed by atoms with Gasteiger partial charge in [-0.3, -0.25) is 9.59 Å². The summed E-state index contributed by atoms with van der Waals surface area (Å²) in [5.41, 5.74) is 0.835. The lowest BCUT2D eigenvalue weighted by Crippen LogP contribution is -2.32. The molecule has 0 spiro atoms. The summed E-state index contributed by atoms with van der Waals surface area (Å²) < 4.78 is 13.2. The molecule has 1 amide bonds. The topological polar surface area (TPSA) is 53.2 Å². The molecule has 4 nitrogen and oxygen atoms in total.